The highest BCUT2D eigenvalue weighted by Crippen LogP contribution is 2.60. The third-order valence-corrected chi connectivity index (χ3v) is 15.6. The molecule has 0 fully saturated rings. The summed E-state index contributed by atoms with van der Waals surface area (Å²) in [5.41, 5.74) is 25.4. The van der Waals surface area contributed by atoms with E-state index in [0.29, 0.717) is 0 Å². The van der Waals surface area contributed by atoms with Gasteiger partial charge in [0.15, 0.2) is 0 Å². The van der Waals surface area contributed by atoms with Gasteiger partial charge in [-0.1, -0.05) is 169 Å². The Morgan fingerprint density at radius 1 is 0.338 bits per heavy atom. The van der Waals surface area contributed by atoms with Crippen molar-refractivity contribution in [2.45, 2.75) is 57.8 Å². The molecule has 0 spiro atoms. The molecule has 13 rings (SSSR count). The van der Waals surface area contributed by atoms with Crippen LogP contribution in [0.5, 0.6) is 0 Å². The largest absolute Gasteiger partial charge is 0.310 e. The number of hydrogen-bond acceptors (Lipinski definition) is 1. The molecule has 9 aromatic carbocycles. The summed E-state index contributed by atoms with van der Waals surface area (Å²) in [5.74, 6) is 0. The van der Waals surface area contributed by atoms with Crippen LogP contribution in [0.15, 0.2) is 194 Å². The first-order valence-electron chi connectivity index (χ1n) is 23.2. The Kier molecular flexibility index (Phi) is 7.80. The minimum Gasteiger partial charge on any atom is -0.310 e. The summed E-state index contributed by atoms with van der Waals surface area (Å²) in [6.07, 6.45) is 0. The minimum atomic E-state index is -0.218. The SMILES string of the molecule is CC1(C)c2ccccc2-c2ccc(N(c3ccc(-c4ccccc4)cc3)c3cccc4c3-c3cc5c(cc3C4(C)C)-c3ccc(-n4c6ccccc6c6ccccc64)cc3C5(C)C)cc21. The maximum Gasteiger partial charge on any atom is 0.0543 e. The zero-order valence-electron chi connectivity index (χ0n) is 37.9. The number of fused-ring (bicyclic) bond motifs is 12. The third kappa shape index (κ3) is 5.23. The van der Waals surface area contributed by atoms with Gasteiger partial charge >= 0.3 is 0 Å². The van der Waals surface area contributed by atoms with Crippen LogP contribution in [0.25, 0.3) is 72.0 Å². The molecule has 10 aromatic rings. The summed E-state index contributed by atoms with van der Waals surface area (Å²) in [5, 5.41) is 2.57. The van der Waals surface area contributed by atoms with E-state index in [1.54, 1.807) is 0 Å². The van der Waals surface area contributed by atoms with Gasteiger partial charge in [-0.25, -0.2) is 0 Å². The van der Waals surface area contributed by atoms with Gasteiger partial charge in [0.05, 0.1) is 16.7 Å². The highest BCUT2D eigenvalue weighted by Gasteiger charge is 2.44. The average Bonchev–Trinajstić information content (AvgIpc) is 3.95. The molecule has 1 heterocycles. The maximum atomic E-state index is 2.57. The molecule has 2 nitrogen and oxygen atoms in total. The van der Waals surface area contributed by atoms with E-state index in [0.717, 1.165) is 5.69 Å². The Hall–Kier alpha value is -7.42. The second-order valence-electron chi connectivity index (χ2n) is 20.1. The van der Waals surface area contributed by atoms with Crippen LogP contribution in [0.4, 0.5) is 17.1 Å². The van der Waals surface area contributed by atoms with Crippen molar-refractivity contribution in [1.29, 1.82) is 0 Å². The topological polar surface area (TPSA) is 8.17 Å². The molecule has 0 saturated carbocycles. The average molecular weight is 835 g/mol. The van der Waals surface area contributed by atoms with Crippen LogP contribution in [0, 0.1) is 0 Å². The van der Waals surface area contributed by atoms with Crippen LogP contribution in [0.1, 0.15) is 74.9 Å². The summed E-state index contributed by atoms with van der Waals surface area (Å²) >= 11 is 0. The fourth-order valence-electron chi connectivity index (χ4n) is 12.2. The summed E-state index contributed by atoms with van der Waals surface area (Å²) in [6.45, 7) is 14.5. The van der Waals surface area contributed by atoms with Crippen molar-refractivity contribution < 1.29 is 0 Å². The summed E-state index contributed by atoms with van der Waals surface area (Å²) in [6, 6.07) is 73.0. The van der Waals surface area contributed by atoms with Crippen LogP contribution in [-0.4, -0.2) is 4.57 Å². The Bertz CT molecular complexity index is 3560. The standard InChI is InChI=1S/C63H50N2/c1-61(2)51-22-13-10-19-44(51)45-33-31-42(35-53(45)61)64(41-29-27-40(28-30-41)39-17-8-7-9-18-39)59-26-16-23-52-60(59)50-38-55-49(37-56(50)62(52,3)4)46-34-32-43(36-54(46)63(55,5)6)65-57-24-14-11-20-47(57)48-21-12-15-25-58(48)65/h7-38H,1-6H3. The van der Waals surface area contributed by atoms with Gasteiger partial charge in [0.25, 0.3) is 0 Å². The molecule has 0 saturated heterocycles. The van der Waals surface area contributed by atoms with Crippen molar-refractivity contribution in [1.82, 2.24) is 4.57 Å². The zero-order valence-corrected chi connectivity index (χ0v) is 37.9. The third-order valence-electron chi connectivity index (χ3n) is 15.6. The van der Waals surface area contributed by atoms with Gasteiger partial charge in [-0.05, 0) is 139 Å². The van der Waals surface area contributed by atoms with Crippen LogP contribution >= 0.6 is 0 Å². The number of nitrogens with zero attached hydrogens (tertiary/aromatic N) is 2. The van der Waals surface area contributed by atoms with E-state index in [1.807, 2.05) is 0 Å². The molecule has 0 bridgehead atoms. The van der Waals surface area contributed by atoms with Gasteiger partial charge in [0, 0.05) is 49.6 Å². The van der Waals surface area contributed by atoms with Crippen LogP contribution in [0.2, 0.25) is 0 Å². The molecule has 1 aromatic heterocycles. The van der Waals surface area contributed by atoms with Gasteiger partial charge in [-0.2, -0.15) is 0 Å². The second kappa shape index (κ2) is 13.3. The predicted octanol–water partition coefficient (Wildman–Crippen LogP) is 16.8. The van der Waals surface area contributed by atoms with Gasteiger partial charge in [-0.15, -0.1) is 0 Å². The van der Waals surface area contributed by atoms with Crippen molar-refractivity contribution in [3.05, 3.63) is 228 Å². The first-order chi connectivity index (χ1) is 31.5. The van der Waals surface area contributed by atoms with E-state index >= 15 is 0 Å². The fraction of sp³-hybridized carbons (Fsp3) is 0.143. The number of para-hydroxylation sites is 2. The highest BCUT2D eigenvalue weighted by molar-refractivity contribution is 6.09. The van der Waals surface area contributed by atoms with Gasteiger partial charge < -0.3 is 9.47 Å². The Labute approximate surface area is 382 Å². The van der Waals surface area contributed by atoms with Crippen molar-refractivity contribution >= 4 is 38.9 Å². The fourth-order valence-corrected chi connectivity index (χ4v) is 12.2. The number of hydrogen-bond donors (Lipinski definition) is 0. The number of benzene rings is 9. The van der Waals surface area contributed by atoms with Crippen molar-refractivity contribution in [3.63, 3.8) is 0 Å². The molecule has 3 aliphatic rings. The lowest BCUT2D eigenvalue weighted by atomic mass is 9.79. The normalized spacial score (nSPS) is 15.3. The van der Waals surface area contributed by atoms with Crippen molar-refractivity contribution in [2.24, 2.45) is 0 Å². The molecule has 65 heavy (non-hydrogen) atoms. The molecule has 0 radical (unpaired) electrons. The van der Waals surface area contributed by atoms with E-state index < -0.39 is 0 Å². The van der Waals surface area contributed by atoms with Crippen LogP contribution in [-0.2, 0) is 16.2 Å². The molecule has 312 valence electrons. The Morgan fingerprint density at radius 2 is 0.846 bits per heavy atom. The quantitative estimate of drug-likeness (QED) is 0.168. The molecule has 0 unspecified atom stereocenters. The predicted molar refractivity (Wildman–Crippen MR) is 274 cm³/mol. The lowest BCUT2D eigenvalue weighted by Crippen LogP contribution is -2.17. The van der Waals surface area contributed by atoms with Gasteiger partial charge in [0.2, 0.25) is 0 Å². The van der Waals surface area contributed by atoms with E-state index in [-0.39, 0.29) is 16.2 Å². The molecule has 0 amide bonds. The van der Waals surface area contributed by atoms with Gasteiger partial charge in [-0.3, -0.25) is 0 Å². The number of rotatable bonds is 5. The molecule has 0 aliphatic heterocycles. The minimum absolute atomic E-state index is 0.124. The highest BCUT2D eigenvalue weighted by atomic mass is 15.1. The molecule has 2 heteroatoms. The first kappa shape index (κ1) is 38.1. The van der Waals surface area contributed by atoms with Gasteiger partial charge in [0.1, 0.15) is 0 Å². The number of aromatic nitrogens is 1. The molecular weight excluding hydrogens is 785 g/mol. The summed E-state index contributed by atoms with van der Waals surface area (Å²) < 4.78 is 2.45. The Morgan fingerprint density at radius 3 is 1.60 bits per heavy atom. The molecule has 0 N–H and O–H groups in total. The lowest BCUT2D eigenvalue weighted by molar-refractivity contribution is 0.652. The van der Waals surface area contributed by atoms with E-state index in [9.17, 15) is 0 Å². The van der Waals surface area contributed by atoms with Crippen LogP contribution in [0.3, 0.4) is 0 Å². The Balaban J connectivity index is 0.988. The summed E-state index contributed by atoms with van der Waals surface area (Å²) in [7, 11) is 0. The summed E-state index contributed by atoms with van der Waals surface area (Å²) in [4.78, 5) is 2.53. The molecule has 3 aliphatic carbocycles. The van der Waals surface area contributed by atoms with Crippen molar-refractivity contribution in [3.8, 4) is 50.2 Å². The van der Waals surface area contributed by atoms with Crippen molar-refractivity contribution in [2.75, 3.05) is 4.90 Å². The van der Waals surface area contributed by atoms with E-state index in [2.05, 4.69) is 245 Å². The lowest BCUT2D eigenvalue weighted by Gasteiger charge is -2.30. The maximum absolute atomic E-state index is 2.57. The zero-order chi connectivity index (χ0) is 44.0. The second-order valence-corrected chi connectivity index (χ2v) is 20.1. The molecule has 0 atom stereocenters. The smallest absolute Gasteiger partial charge is 0.0543 e. The monoisotopic (exact) mass is 834 g/mol. The first-order valence-corrected chi connectivity index (χ1v) is 23.2. The van der Waals surface area contributed by atoms with E-state index in [1.165, 1.54) is 117 Å². The molecular formula is C63H50N2. The van der Waals surface area contributed by atoms with Crippen LogP contribution < -0.4 is 4.90 Å². The van der Waals surface area contributed by atoms with E-state index in [4.69, 9.17) is 0 Å². The number of anilines is 3.